The summed E-state index contributed by atoms with van der Waals surface area (Å²) in [5.41, 5.74) is 1.03. The van der Waals surface area contributed by atoms with Crippen LogP contribution in [-0.2, 0) is 6.54 Å². The molecule has 4 heteroatoms. The molecular formula is C14H22FN3. The molecule has 1 fully saturated rings. The van der Waals surface area contributed by atoms with Crippen LogP contribution in [0.5, 0.6) is 0 Å². The number of rotatable bonds is 4. The van der Waals surface area contributed by atoms with Gasteiger partial charge in [-0.05, 0) is 31.8 Å². The minimum absolute atomic E-state index is 0.155. The fourth-order valence-corrected chi connectivity index (χ4v) is 2.44. The minimum atomic E-state index is -0.155. The van der Waals surface area contributed by atoms with E-state index in [-0.39, 0.29) is 5.82 Å². The van der Waals surface area contributed by atoms with E-state index in [2.05, 4.69) is 29.2 Å². The van der Waals surface area contributed by atoms with Crippen LogP contribution in [-0.4, -0.2) is 56.1 Å². The normalized spacial score (nSPS) is 21.4. The summed E-state index contributed by atoms with van der Waals surface area (Å²) in [5, 5.41) is 3.42. The Morgan fingerprint density at radius 2 is 2.33 bits per heavy atom. The topological polar surface area (TPSA) is 18.5 Å². The van der Waals surface area contributed by atoms with Gasteiger partial charge in [-0.3, -0.25) is 4.90 Å². The summed E-state index contributed by atoms with van der Waals surface area (Å²) >= 11 is 0. The van der Waals surface area contributed by atoms with Gasteiger partial charge < -0.3 is 10.2 Å². The lowest BCUT2D eigenvalue weighted by Crippen LogP contribution is -2.53. The molecule has 1 aromatic rings. The van der Waals surface area contributed by atoms with Gasteiger partial charge in [0.05, 0.1) is 0 Å². The summed E-state index contributed by atoms with van der Waals surface area (Å²) < 4.78 is 13.1. The first-order valence-electron chi connectivity index (χ1n) is 6.49. The van der Waals surface area contributed by atoms with Gasteiger partial charge in [0.2, 0.25) is 0 Å². The van der Waals surface area contributed by atoms with E-state index >= 15 is 0 Å². The second-order valence-electron chi connectivity index (χ2n) is 5.17. The molecule has 0 spiro atoms. The van der Waals surface area contributed by atoms with E-state index in [1.807, 2.05) is 6.07 Å². The van der Waals surface area contributed by atoms with Crippen LogP contribution in [0.3, 0.4) is 0 Å². The highest BCUT2D eigenvalue weighted by Crippen LogP contribution is 2.08. The van der Waals surface area contributed by atoms with E-state index in [1.54, 1.807) is 12.1 Å². The van der Waals surface area contributed by atoms with E-state index in [0.717, 1.165) is 38.3 Å². The van der Waals surface area contributed by atoms with Crippen molar-refractivity contribution in [2.24, 2.45) is 0 Å². The quantitative estimate of drug-likeness (QED) is 0.866. The fraction of sp³-hybridized carbons (Fsp3) is 0.571. The van der Waals surface area contributed by atoms with E-state index in [1.165, 1.54) is 6.07 Å². The lowest BCUT2D eigenvalue weighted by Gasteiger charge is -2.35. The van der Waals surface area contributed by atoms with Crippen molar-refractivity contribution >= 4 is 0 Å². The number of nitrogens with zero attached hydrogens (tertiary/aromatic N) is 2. The zero-order valence-electron chi connectivity index (χ0n) is 11.2. The average molecular weight is 251 g/mol. The highest BCUT2D eigenvalue weighted by atomic mass is 19.1. The second kappa shape index (κ2) is 6.27. The van der Waals surface area contributed by atoms with Gasteiger partial charge >= 0.3 is 0 Å². The zero-order valence-corrected chi connectivity index (χ0v) is 11.2. The Balaban J connectivity index is 1.86. The molecular weight excluding hydrogens is 229 g/mol. The Labute approximate surface area is 109 Å². The molecule has 1 aliphatic rings. The van der Waals surface area contributed by atoms with Crippen molar-refractivity contribution < 1.29 is 4.39 Å². The summed E-state index contributed by atoms with van der Waals surface area (Å²) in [6.45, 7) is 4.99. The molecule has 0 bridgehead atoms. The Kier molecular flexibility index (Phi) is 4.69. The molecule has 1 aliphatic heterocycles. The lowest BCUT2D eigenvalue weighted by molar-refractivity contribution is 0.150. The molecule has 0 amide bonds. The van der Waals surface area contributed by atoms with Crippen LogP contribution in [0.1, 0.15) is 5.56 Å². The molecule has 2 rings (SSSR count). The number of halogens is 1. The molecule has 0 aromatic heterocycles. The largest absolute Gasteiger partial charge is 0.314 e. The standard InChI is InChI=1S/C14H22FN3/c1-17(10-12-4-3-5-13(15)8-12)11-14-9-16-6-7-18(14)2/h3-5,8,14,16H,6-7,9-11H2,1-2H3. The number of nitrogens with one attached hydrogen (secondary N) is 1. The molecule has 100 valence electrons. The van der Waals surface area contributed by atoms with Gasteiger partial charge in [-0.2, -0.15) is 0 Å². The first kappa shape index (κ1) is 13.5. The highest BCUT2D eigenvalue weighted by molar-refractivity contribution is 5.16. The Morgan fingerprint density at radius 3 is 3.06 bits per heavy atom. The maximum Gasteiger partial charge on any atom is 0.123 e. The summed E-state index contributed by atoms with van der Waals surface area (Å²) in [7, 11) is 4.26. The van der Waals surface area contributed by atoms with E-state index in [9.17, 15) is 4.39 Å². The minimum Gasteiger partial charge on any atom is -0.314 e. The van der Waals surface area contributed by atoms with Crippen LogP contribution in [0.15, 0.2) is 24.3 Å². The summed E-state index contributed by atoms with van der Waals surface area (Å²) in [4.78, 5) is 4.64. The maximum atomic E-state index is 13.1. The van der Waals surface area contributed by atoms with Gasteiger partial charge in [0.25, 0.3) is 0 Å². The molecule has 0 aliphatic carbocycles. The Bertz CT molecular complexity index is 383. The third-order valence-electron chi connectivity index (χ3n) is 3.51. The zero-order chi connectivity index (χ0) is 13.0. The number of hydrogen-bond donors (Lipinski definition) is 1. The van der Waals surface area contributed by atoms with E-state index < -0.39 is 0 Å². The van der Waals surface area contributed by atoms with Crippen molar-refractivity contribution in [1.82, 2.24) is 15.1 Å². The maximum absolute atomic E-state index is 13.1. The van der Waals surface area contributed by atoms with Crippen molar-refractivity contribution in [3.8, 4) is 0 Å². The van der Waals surface area contributed by atoms with Crippen LogP contribution in [0.4, 0.5) is 4.39 Å². The summed E-state index contributed by atoms with van der Waals surface area (Å²) in [5.74, 6) is -0.155. The number of piperazine rings is 1. The lowest BCUT2D eigenvalue weighted by atomic mass is 10.1. The molecule has 1 heterocycles. The molecule has 18 heavy (non-hydrogen) atoms. The van der Waals surface area contributed by atoms with Gasteiger partial charge in [0.15, 0.2) is 0 Å². The fourth-order valence-electron chi connectivity index (χ4n) is 2.44. The Morgan fingerprint density at radius 1 is 1.50 bits per heavy atom. The first-order chi connectivity index (χ1) is 8.65. The third kappa shape index (κ3) is 3.77. The number of likely N-dealkylation sites (N-methyl/N-ethyl adjacent to an activating group) is 2. The SMILES string of the molecule is CN(Cc1cccc(F)c1)CC1CNCCN1C. The van der Waals surface area contributed by atoms with Crippen molar-refractivity contribution in [3.63, 3.8) is 0 Å². The summed E-state index contributed by atoms with van der Waals surface area (Å²) in [6.07, 6.45) is 0. The van der Waals surface area contributed by atoms with Crippen LogP contribution >= 0.6 is 0 Å². The van der Waals surface area contributed by atoms with Crippen LogP contribution in [0.2, 0.25) is 0 Å². The van der Waals surface area contributed by atoms with E-state index in [0.29, 0.717) is 6.04 Å². The predicted octanol–water partition coefficient (Wildman–Crippen LogP) is 1.16. The van der Waals surface area contributed by atoms with Gasteiger partial charge in [-0.1, -0.05) is 12.1 Å². The number of hydrogen-bond acceptors (Lipinski definition) is 3. The molecule has 1 N–H and O–H groups in total. The highest BCUT2D eigenvalue weighted by Gasteiger charge is 2.19. The Hall–Kier alpha value is -0.970. The van der Waals surface area contributed by atoms with Gasteiger partial charge in [-0.15, -0.1) is 0 Å². The van der Waals surface area contributed by atoms with Crippen molar-refractivity contribution in [2.45, 2.75) is 12.6 Å². The predicted molar refractivity (Wildman–Crippen MR) is 72.0 cm³/mol. The molecule has 1 atom stereocenters. The monoisotopic (exact) mass is 251 g/mol. The van der Waals surface area contributed by atoms with Crippen LogP contribution < -0.4 is 5.32 Å². The molecule has 0 saturated carbocycles. The molecule has 0 radical (unpaired) electrons. The number of benzene rings is 1. The van der Waals surface area contributed by atoms with Gasteiger partial charge in [0.1, 0.15) is 5.82 Å². The summed E-state index contributed by atoms with van der Waals surface area (Å²) in [6, 6.07) is 7.38. The molecule has 3 nitrogen and oxygen atoms in total. The molecule has 1 aromatic carbocycles. The van der Waals surface area contributed by atoms with Crippen LogP contribution in [0, 0.1) is 5.82 Å². The smallest absolute Gasteiger partial charge is 0.123 e. The second-order valence-corrected chi connectivity index (χ2v) is 5.17. The first-order valence-corrected chi connectivity index (χ1v) is 6.49. The molecule has 1 saturated heterocycles. The van der Waals surface area contributed by atoms with Crippen LogP contribution in [0.25, 0.3) is 0 Å². The van der Waals surface area contributed by atoms with Gasteiger partial charge in [0, 0.05) is 38.8 Å². The third-order valence-corrected chi connectivity index (χ3v) is 3.51. The van der Waals surface area contributed by atoms with E-state index in [4.69, 9.17) is 0 Å². The van der Waals surface area contributed by atoms with Crippen molar-refractivity contribution in [2.75, 3.05) is 40.3 Å². The average Bonchev–Trinajstić information content (AvgIpc) is 2.32. The van der Waals surface area contributed by atoms with Gasteiger partial charge in [-0.25, -0.2) is 4.39 Å². The van der Waals surface area contributed by atoms with Crippen molar-refractivity contribution in [1.29, 1.82) is 0 Å². The van der Waals surface area contributed by atoms with Crippen molar-refractivity contribution in [3.05, 3.63) is 35.6 Å². The molecule has 1 unspecified atom stereocenters.